The molecule has 0 saturated carbocycles. The molecular weight excluding hydrogens is 186 g/mol. The molecule has 76 valence electrons. The normalized spacial score (nSPS) is 9.86. The number of benzene rings is 1. The van der Waals surface area contributed by atoms with Crippen molar-refractivity contribution in [2.45, 2.75) is 6.61 Å². The van der Waals surface area contributed by atoms with Crippen molar-refractivity contribution >= 4 is 11.4 Å². The SMILES string of the molecule is COCc1ccc(NN)c([N+](=O)[O-])c1. The minimum Gasteiger partial charge on any atom is -0.380 e. The second kappa shape index (κ2) is 4.54. The molecule has 0 heterocycles. The number of rotatable bonds is 4. The van der Waals surface area contributed by atoms with E-state index in [-0.39, 0.29) is 11.4 Å². The lowest BCUT2D eigenvalue weighted by Gasteiger charge is -2.04. The Balaban J connectivity index is 3.07. The number of nitrogens with zero attached hydrogens (tertiary/aromatic N) is 1. The van der Waals surface area contributed by atoms with E-state index in [1.807, 2.05) is 0 Å². The molecule has 0 bridgehead atoms. The first-order chi connectivity index (χ1) is 6.69. The van der Waals surface area contributed by atoms with Crippen LogP contribution in [0.4, 0.5) is 11.4 Å². The van der Waals surface area contributed by atoms with E-state index in [0.717, 1.165) is 5.56 Å². The monoisotopic (exact) mass is 197 g/mol. The van der Waals surface area contributed by atoms with Gasteiger partial charge in [0.1, 0.15) is 5.69 Å². The zero-order chi connectivity index (χ0) is 10.6. The molecule has 1 aromatic carbocycles. The maximum Gasteiger partial charge on any atom is 0.294 e. The Morgan fingerprint density at radius 1 is 1.64 bits per heavy atom. The lowest BCUT2D eigenvalue weighted by Crippen LogP contribution is -2.09. The number of hydrogen-bond acceptors (Lipinski definition) is 5. The van der Waals surface area contributed by atoms with E-state index in [2.05, 4.69) is 5.43 Å². The lowest BCUT2D eigenvalue weighted by atomic mass is 10.2. The van der Waals surface area contributed by atoms with Gasteiger partial charge >= 0.3 is 0 Å². The van der Waals surface area contributed by atoms with Gasteiger partial charge < -0.3 is 10.2 Å². The van der Waals surface area contributed by atoms with E-state index in [1.54, 1.807) is 12.1 Å². The maximum atomic E-state index is 10.6. The van der Waals surface area contributed by atoms with Gasteiger partial charge in [-0.15, -0.1) is 0 Å². The van der Waals surface area contributed by atoms with Crippen molar-refractivity contribution in [1.29, 1.82) is 0 Å². The number of anilines is 1. The molecule has 0 atom stereocenters. The summed E-state index contributed by atoms with van der Waals surface area (Å²) in [5, 5.41) is 10.6. The fourth-order valence-electron chi connectivity index (χ4n) is 1.11. The predicted octanol–water partition coefficient (Wildman–Crippen LogP) is 1.03. The number of hydrazine groups is 1. The first-order valence-corrected chi connectivity index (χ1v) is 3.92. The third kappa shape index (κ3) is 2.18. The van der Waals surface area contributed by atoms with Gasteiger partial charge in [0.2, 0.25) is 0 Å². The van der Waals surface area contributed by atoms with Crippen LogP contribution in [0.3, 0.4) is 0 Å². The lowest BCUT2D eigenvalue weighted by molar-refractivity contribution is -0.384. The summed E-state index contributed by atoms with van der Waals surface area (Å²) in [6, 6.07) is 4.69. The molecule has 0 aliphatic heterocycles. The summed E-state index contributed by atoms with van der Waals surface area (Å²) in [6.45, 7) is 0.339. The highest BCUT2D eigenvalue weighted by atomic mass is 16.6. The van der Waals surface area contributed by atoms with Crippen LogP contribution in [-0.2, 0) is 11.3 Å². The molecule has 6 nitrogen and oxygen atoms in total. The van der Waals surface area contributed by atoms with Crippen molar-refractivity contribution in [1.82, 2.24) is 0 Å². The van der Waals surface area contributed by atoms with Crippen molar-refractivity contribution in [3.8, 4) is 0 Å². The molecule has 0 aromatic heterocycles. The first kappa shape index (κ1) is 10.4. The molecular formula is C8H11N3O3. The minimum atomic E-state index is -0.492. The van der Waals surface area contributed by atoms with Crippen molar-refractivity contribution in [3.63, 3.8) is 0 Å². The molecule has 3 N–H and O–H groups in total. The highest BCUT2D eigenvalue weighted by molar-refractivity contribution is 5.61. The predicted molar refractivity (Wildman–Crippen MR) is 51.6 cm³/mol. The van der Waals surface area contributed by atoms with Crippen molar-refractivity contribution in [3.05, 3.63) is 33.9 Å². The topological polar surface area (TPSA) is 90.4 Å². The quantitative estimate of drug-likeness (QED) is 0.427. The summed E-state index contributed by atoms with van der Waals surface area (Å²) < 4.78 is 4.86. The largest absolute Gasteiger partial charge is 0.380 e. The Kier molecular flexibility index (Phi) is 3.38. The smallest absolute Gasteiger partial charge is 0.294 e. The van der Waals surface area contributed by atoms with Gasteiger partial charge in [0, 0.05) is 13.2 Å². The minimum absolute atomic E-state index is 0.0537. The summed E-state index contributed by atoms with van der Waals surface area (Å²) in [5.74, 6) is 5.13. The Hall–Kier alpha value is -1.66. The molecule has 0 saturated heterocycles. The molecule has 0 unspecified atom stereocenters. The van der Waals surface area contributed by atoms with Gasteiger partial charge in [-0.05, 0) is 11.6 Å². The number of hydrogen-bond donors (Lipinski definition) is 2. The molecule has 0 aliphatic carbocycles. The van der Waals surface area contributed by atoms with Crippen LogP contribution in [0.2, 0.25) is 0 Å². The number of nitrogens with two attached hydrogens (primary N) is 1. The van der Waals surface area contributed by atoms with Crippen LogP contribution in [0.5, 0.6) is 0 Å². The van der Waals surface area contributed by atoms with Crippen LogP contribution in [-0.4, -0.2) is 12.0 Å². The highest BCUT2D eigenvalue weighted by Gasteiger charge is 2.13. The summed E-state index contributed by atoms with van der Waals surface area (Å²) in [6.07, 6.45) is 0. The number of nitrogen functional groups attached to an aromatic ring is 1. The summed E-state index contributed by atoms with van der Waals surface area (Å²) in [5.41, 5.74) is 3.23. The van der Waals surface area contributed by atoms with Crippen LogP contribution in [0.25, 0.3) is 0 Å². The third-order valence-corrected chi connectivity index (χ3v) is 1.73. The van der Waals surface area contributed by atoms with E-state index >= 15 is 0 Å². The number of nitro groups is 1. The molecule has 0 amide bonds. The second-order valence-electron chi connectivity index (χ2n) is 2.69. The number of ether oxygens (including phenoxy) is 1. The molecule has 0 fully saturated rings. The zero-order valence-corrected chi connectivity index (χ0v) is 7.69. The van der Waals surface area contributed by atoms with E-state index < -0.39 is 4.92 Å². The maximum absolute atomic E-state index is 10.6. The first-order valence-electron chi connectivity index (χ1n) is 3.92. The average molecular weight is 197 g/mol. The number of nitro benzene ring substituents is 1. The van der Waals surface area contributed by atoms with Crippen LogP contribution >= 0.6 is 0 Å². The Morgan fingerprint density at radius 2 is 2.36 bits per heavy atom. The number of nitrogens with one attached hydrogen (secondary N) is 1. The third-order valence-electron chi connectivity index (χ3n) is 1.73. The van der Waals surface area contributed by atoms with Gasteiger partial charge in [-0.3, -0.25) is 16.0 Å². The second-order valence-corrected chi connectivity index (χ2v) is 2.69. The van der Waals surface area contributed by atoms with E-state index in [9.17, 15) is 10.1 Å². The van der Waals surface area contributed by atoms with Crippen LogP contribution in [0.15, 0.2) is 18.2 Å². The Labute approximate surface area is 80.8 Å². The summed E-state index contributed by atoms with van der Waals surface area (Å²) >= 11 is 0. The van der Waals surface area contributed by atoms with Gasteiger partial charge in [0.25, 0.3) is 5.69 Å². The molecule has 1 aromatic rings. The standard InChI is InChI=1S/C8H11N3O3/c1-14-5-6-2-3-7(10-9)8(4-6)11(12)13/h2-4,10H,5,9H2,1H3. The van der Waals surface area contributed by atoms with E-state index in [4.69, 9.17) is 10.6 Å². The van der Waals surface area contributed by atoms with E-state index in [0.29, 0.717) is 6.61 Å². The Morgan fingerprint density at radius 3 is 2.86 bits per heavy atom. The fraction of sp³-hybridized carbons (Fsp3) is 0.250. The molecule has 1 rings (SSSR count). The summed E-state index contributed by atoms with van der Waals surface area (Å²) in [7, 11) is 1.53. The van der Waals surface area contributed by atoms with Crippen molar-refractivity contribution in [2.24, 2.45) is 5.84 Å². The van der Waals surface area contributed by atoms with Crippen molar-refractivity contribution < 1.29 is 9.66 Å². The van der Waals surface area contributed by atoms with Crippen LogP contribution < -0.4 is 11.3 Å². The highest BCUT2D eigenvalue weighted by Crippen LogP contribution is 2.24. The van der Waals surface area contributed by atoms with Crippen molar-refractivity contribution in [2.75, 3.05) is 12.5 Å². The van der Waals surface area contributed by atoms with Crippen LogP contribution in [0, 0.1) is 10.1 Å². The van der Waals surface area contributed by atoms with Gasteiger partial charge in [-0.1, -0.05) is 6.07 Å². The van der Waals surface area contributed by atoms with Gasteiger partial charge in [0.15, 0.2) is 0 Å². The van der Waals surface area contributed by atoms with Gasteiger partial charge in [-0.2, -0.15) is 0 Å². The van der Waals surface area contributed by atoms with E-state index in [1.165, 1.54) is 13.2 Å². The molecule has 6 heteroatoms. The zero-order valence-electron chi connectivity index (χ0n) is 7.69. The fourth-order valence-corrected chi connectivity index (χ4v) is 1.11. The molecule has 0 spiro atoms. The van der Waals surface area contributed by atoms with Gasteiger partial charge in [0.05, 0.1) is 11.5 Å². The molecule has 0 radical (unpaired) electrons. The van der Waals surface area contributed by atoms with Gasteiger partial charge in [-0.25, -0.2) is 0 Å². The summed E-state index contributed by atoms with van der Waals surface area (Å²) in [4.78, 5) is 10.1. The van der Waals surface area contributed by atoms with Crippen LogP contribution in [0.1, 0.15) is 5.56 Å². The molecule has 0 aliphatic rings. The molecule has 14 heavy (non-hydrogen) atoms. The average Bonchev–Trinajstić information content (AvgIpc) is 2.18. The number of methoxy groups -OCH3 is 1. The Bertz CT molecular complexity index is 341.